The first-order valence-corrected chi connectivity index (χ1v) is 6.76. The second-order valence-corrected chi connectivity index (χ2v) is 5.53. The molecule has 0 radical (unpaired) electrons. The molecule has 1 aromatic heterocycles. The van der Waals surface area contributed by atoms with Gasteiger partial charge in [-0.3, -0.25) is 4.98 Å². The zero-order valence-corrected chi connectivity index (χ0v) is 12.1. The molecule has 0 spiro atoms. The Kier molecular flexibility index (Phi) is 4.50. The summed E-state index contributed by atoms with van der Waals surface area (Å²) in [4.78, 5) is 4.34. The van der Waals surface area contributed by atoms with Crippen molar-refractivity contribution in [1.29, 1.82) is 0 Å². The standard InChI is InChI=1S/C14H12Cl3N/c1-9-2-4-11(18-8-9)7-14(17)12-5-3-10(15)6-13(12)16/h2-6,8,14H,7H2,1H3. The summed E-state index contributed by atoms with van der Waals surface area (Å²) in [7, 11) is 0. The largest absolute Gasteiger partial charge is 0.261 e. The number of aryl methyl sites for hydroxylation is 1. The molecule has 0 aliphatic rings. The molecular formula is C14H12Cl3N. The Morgan fingerprint density at radius 1 is 1.17 bits per heavy atom. The van der Waals surface area contributed by atoms with Gasteiger partial charge in [-0.05, 0) is 36.2 Å². The van der Waals surface area contributed by atoms with Crippen molar-refractivity contribution in [3.05, 3.63) is 63.4 Å². The van der Waals surface area contributed by atoms with Gasteiger partial charge in [-0.1, -0.05) is 35.3 Å². The number of hydrogen-bond acceptors (Lipinski definition) is 1. The highest BCUT2D eigenvalue weighted by atomic mass is 35.5. The average molecular weight is 301 g/mol. The van der Waals surface area contributed by atoms with Gasteiger partial charge < -0.3 is 0 Å². The Morgan fingerprint density at radius 3 is 2.56 bits per heavy atom. The summed E-state index contributed by atoms with van der Waals surface area (Å²) in [5.74, 6) is 0. The third-order valence-corrected chi connectivity index (χ3v) is 3.61. The lowest BCUT2D eigenvalue weighted by molar-refractivity contribution is 0.879. The maximum Gasteiger partial charge on any atom is 0.0655 e. The highest BCUT2D eigenvalue weighted by Gasteiger charge is 2.13. The van der Waals surface area contributed by atoms with Gasteiger partial charge >= 0.3 is 0 Å². The topological polar surface area (TPSA) is 12.9 Å². The van der Waals surface area contributed by atoms with Crippen molar-refractivity contribution in [1.82, 2.24) is 4.98 Å². The molecule has 0 saturated heterocycles. The quantitative estimate of drug-likeness (QED) is 0.708. The molecule has 1 unspecified atom stereocenters. The molecule has 18 heavy (non-hydrogen) atoms. The van der Waals surface area contributed by atoms with E-state index in [-0.39, 0.29) is 5.38 Å². The van der Waals surface area contributed by atoms with Crippen molar-refractivity contribution in [2.45, 2.75) is 18.7 Å². The lowest BCUT2D eigenvalue weighted by atomic mass is 10.1. The number of halogens is 3. The molecule has 2 rings (SSSR count). The van der Waals surface area contributed by atoms with Gasteiger partial charge in [-0.15, -0.1) is 11.6 Å². The maximum absolute atomic E-state index is 6.37. The number of rotatable bonds is 3. The van der Waals surface area contributed by atoms with Gasteiger partial charge in [-0.2, -0.15) is 0 Å². The van der Waals surface area contributed by atoms with Crippen LogP contribution in [-0.2, 0) is 6.42 Å². The predicted octanol–water partition coefficient (Wildman–Crippen LogP) is 5.22. The predicted molar refractivity (Wildman–Crippen MR) is 77.7 cm³/mol. The molecule has 1 nitrogen and oxygen atoms in total. The molecule has 94 valence electrons. The monoisotopic (exact) mass is 299 g/mol. The minimum absolute atomic E-state index is 0.204. The minimum atomic E-state index is -0.204. The van der Waals surface area contributed by atoms with Crippen molar-refractivity contribution in [2.24, 2.45) is 0 Å². The fourth-order valence-corrected chi connectivity index (χ4v) is 2.61. The van der Waals surface area contributed by atoms with E-state index in [1.54, 1.807) is 12.1 Å². The second kappa shape index (κ2) is 5.92. The third-order valence-electron chi connectivity index (χ3n) is 2.66. The van der Waals surface area contributed by atoms with Crippen molar-refractivity contribution >= 4 is 34.8 Å². The van der Waals surface area contributed by atoms with Gasteiger partial charge in [0.15, 0.2) is 0 Å². The van der Waals surface area contributed by atoms with Crippen LogP contribution in [0.25, 0.3) is 0 Å². The highest BCUT2D eigenvalue weighted by molar-refractivity contribution is 6.35. The zero-order chi connectivity index (χ0) is 13.1. The average Bonchev–Trinajstić information content (AvgIpc) is 2.32. The van der Waals surface area contributed by atoms with Crippen LogP contribution in [0, 0.1) is 6.92 Å². The number of nitrogens with zero attached hydrogens (tertiary/aromatic N) is 1. The lowest BCUT2D eigenvalue weighted by Gasteiger charge is -2.11. The molecule has 0 bridgehead atoms. The summed E-state index contributed by atoms with van der Waals surface area (Å²) < 4.78 is 0. The Balaban J connectivity index is 2.16. The van der Waals surface area contributed by atoms with Crippen LogP contribution in [0.15, 0.2) is 36.5 Å². The van der Waals surface area contributed by atoms with Crippen LogP contribution in [0.1, 0.15) is 22.2 Å². The normalized spacial score (nSPS) is 12.4. The number of pyridine rings is 1. The molecule has 0 aliphatic heterocycles. The van der Waals surface area contributed by atoms with E-state index in [2.05, 4.69) is 4.98 Å². The van der Waals surface area contributed by atoms with Crippen molar-refractivity contribution in [3.63, 3.8) is 0 Å². The first-order valence-electron chi connectivity index (χ1n) is 5.57. The molecule has 0 saturated carbocycles. The van der Waals surface area contributed by atoms with Crippen LogP contribution < -0.4 is 0 Å². The van der Waals surface area contributed by atoms with E-state index in [0.717, 1.165) is 16.8 Å². The Hall–Kier alpha value is -0.760. The molecule has 1 atom stereocenters. The smallest absolute Gasteiger partial charge is 0.0655 e. The molecule has 1 heterocycles. The molecule has 4 heteroatoms. The van der Waals surface area contributed by atoms with Crippen molar-refractivity contribution in [3.8, 4) is 0 Å². The molecule has 0 aliphatic carbocycles. The summed E-state index contributed by atoms with van der Waals surface area (Å²) in [5, 5.41) is 1.00. The van der Waals surface area contributed by atoms with E-state index >= 15 is 0 Å². The van der Waals surface area contributed by atoms with Crippen LogP contribution in [-0.4, -0.2) is 4.98 Å². The van der Waals surface area contributed by atoms with Crippen LogP contribution in [0.2, 0.25) is 10.0 Å². The molecule has 0 amide bonds. The summed E-state index contributed by atoms with van der Waals surface area (Å²) in [5.41, 5.74) is 2.96. The van der Waals surface area contributed by atoms with Crippen molar-refractivity contribution < 1.29 is 0 Å². The van der Waals surface area contributed by atoms with E-state index < -0.39 is 0 Å². The van der Waals surface area contributed by atoms with Crippen LogP contribution in [0.5, 0.6) is 0 Å². The molecule has 2 aromatic rings. The molecule has 1 aromatic carbocycles. The first kappa shape index (κ1) is 13.7. The number of alkyl halides is 1. The van der Waals surface area contributed by atoms with E-state index in [4.69, 9.17) is 34.8 Å². The number of benzene rings is 1. The van der Waals surface area contributed by atoms with Crippen LogP contribution >= 0.6 is 34.8 Å². The third kappa shape index (κ3) is 3.38. The van der Waals surface area contributed by atoms with Gasteiger partial charge in [0.05, 0.1) is 5.38 Å². The van der Waals surface area contributed by atoms with Crippen LogP contribution in [0.3, 0.4) is 0 Å². The number of aromatic nitrogens is 1. The van der Waals surface area contributed by atoms with Gasteiger partial charge in [0.2, 0.25) is 0 Å². The Morgan fingerprint density at radius 2 is 1.94 bits per heavy atom. The molecule has 0 N–H and O–H groups in total. The molecular weight excluding hydrogens is 289 g/mol. The van der Waals surface area contributed by atoms with E-state index in [1.807, 2.05) is 31.3 Å². The second-order valence-electron chi connectivity index (χ2n) is 4.16. The Bertz CT molecular complexity index is 537. The summed E-state index contributed by atoms with van der Waals surface area (Å²) in [6.07, 6.45) is 2.48. The van der Waals surface area contributed by atoms with Gasteiger partial charge in [0.1, 0.15) is 0 Å². The zero-order valence-electron chi connectivity index (χ0n) is 9.83. The minimum Gasteiger partial charge on any atom is -0.261 e. The first-order chi connectivity index (χ1) is 8.56. The van der Waals surface area contributed by atoms with Crippen molar-refractivity contribution in [2.75, 3.05) is 0 Å². The van der Waals surface area contributed by atoms with Gasteiger partial charge in [-0.25, -0.2) is 0 Å². The number of hydrogen-bond donors (Lipinski definition) is 0. The van der Waals surface area contributed by atoms with Crippen LogP contribution in [0.4, 0.5) is 0 Å². The van der Waals surface area contributed by atoms with Gasteiger partial charge in [0, 0.05) is 28.4 Å². The molecule has 0 fully saturated rings. The summed E-state index contributed by atoms with van der Waals surface area (Å²) in [6, 6.07) is 9.36. The summed E-state index contributed by atoms with van der Waals surface area (Å²) in [6.45, 7) is 2.00. The lowest BCUT2D eigenvalue weighted by Crippen LogP contribution is -1.99. The highest BCUT2D eigenvalue weighted by Crippen LogP contribution is 2.32. The van der Waals surface area contributed by atoms with E-state index in [0.29, 0.717) is 16.5 Å². The van der Waals surface area contributed by atoms with Gasteiger partial charge in [0.25, 0.3) is 0 Å². The fraction of sp³-hybridized carbons (Fsp3) is 0.214. The van der Waals surface area contributed by atoms with E-state index in [1.165, 1.54) is 0 Å². The summed E-state index contributed by atoms with van der Waals surface area (Å²) >= 11 is 18.4. The maximum atomic E-state index is 6.37. The fourth-order valence-electron chi connectivity index (χ4n) is 1.67. The van der Waals surface area contributed by atoms with E-state index in [9.17, 15) is 0 Å². The Labute approximate surface area is 122 Å². The SMILES string of the molecule is Cc1ccc(CC(Cl)c2ccc(Cl)cc2Cl)nc1.